The van der Waals surface area contributed by atoms with E-state index in [2.05, 4.69) is 5.10 Å². The lowest BCUT2D eigenvalue weighted by Gasteiger charge is -2.20. The van der Waals surface area contributed by atoms with E-state index in [9.17, 15) is 4.39 Å². The predicted molar refractivity (Wildman–Crippen MR) is 55.2 cm³/mol. The van der Waals surface area contributed by atoms with Gasteiger partial charge in [-0.2, -0.15) is 0 Å². The molecule has 0 aliphatic rings. The van der Waals surface area contributed by atoms with Gasteiger partial charge in [-0.25, -0.2) is 4.39 Å². The van der Waals surface area contributed by atoms with Gasteiger partial charge >= 0.3 is 0 Å². The number of benzene rings is 1. The Labute approximate surface area is 82.0 Å². The van der Waals surface area contributed by atoms with Crippen LogP contribution in [0.25, 0.3) is 0 Å². The molecule has 0 heterocycles. The lowest BCUT2D eigenvalue weighted by Crippen LogP contribution is -2.38. The largest absolute Gasteiger partial charge is 0.368 e. The number of nitrogens with two attached hydrogens (primary N) is 2. The summed E-state index contributed by atoms with van der Waals surface area (Å²) in [6.45, 7) is 2.46. The molecule has 14 heavy (non-hydrogen) atoms. The summed E-state index contributed by atoms with van der Waals surface area (Å²) < 4.78 is 12.9. The SMILES string of the molecule is CCN(/C(N)=N/N)c1cccc(F)c1. The fraction of sp³-hybridized carbons (Fsp3) is 0.222. The lowest BCUT2D eigenvalue weighted by atomic mass is 10.3. The van der Waals surface area contributed by atoms with E-state index in [-0.39, 0.29) is 11.8 Å². The number of hydrazone groups is 1. The van der Waals surface area contributed by atoms with Crippen LogP contribution in [-0.2, 0) is 0 Å². The molecule has 1 aromatic carbocycles. The van der Waals surface area contributed by atoms with Gasteiger partial charge < -0.3 is 16.5 Å². The van der Waals surface area contributed by atoms with Crippen LogP contribution in [0.1, 0.15) is 6.92 Å². The smallest absolute Gasteiger partial charge is 0.217 e. The molecule has 0 spiro atoms. The Kier molecular flexibility index (Phi) is 3.28. The monoisotopic (exact) mass is 196 g/mol. The Morgan fingerprint density at radius 3 is 2.79 bits per heavy atom. The van der Waals surface area contributed by atoms with E-state index in [1.807, 2.05) is 6.92 Å². The topological polar surface area (TPSA) is 67.6 Å². The Morgan fingerprint density at radius 2 is 2.29 bits per heavy atom. The standard InChI is InChI=1S/C9H13FN4/c1-2-14(9(11)13-12)8-5-3-4-7(10)6-8/h3-6H,2,12H2,1H3,(H2,11,13). The third-order valence-electron chi connectivity index (χ3n) is 1.84. The number of hydrogen-bond acceptors (Lipinski definition) is 2. The van der Waals surface area contributed by atoms with Crippen molar-refractivity contribution in [3.63, 3.8) is 0 Å². The van der Waals surface area contributed by atoms with Gasteiger partial charge in [0.05, 0.1) is 0 Å². The average Bonchev–Trinajstić information content (AvgIpc) is 2.19. The molecule has 0 aromatic heterocycles. The zero-order valence-corrected chi connectivity index (χ0v) is 7.94. The van der Waals surface area contributed by atoms with Crippen LogP contribution in [0.3, 0.4) is 0 Å². The maximum absolute atomic E-state index is 12.9. The van der Waals surface area contributed by atoms with Gasteiger partial charge in [-0.15, -0.1) is 5.10 Å². The fourth-order valence-electron chi connectivity index (χ4n) is 1.19. The maximum atomic E-state index is 12.9. The normalized spacial score (nSPS) is 11.4. The van der Waals surface area contributed by atoms with E-state index in [1.54, 1.807) is 17.0 Å². The number of halogens is 1. The van der Waals surface area contributed by atoms with Crippen LogP contribution in [0.4, 0.5) is 10.1 Å². The highest BCUT2D eigenvalue weighted by Crippen LogP contribution is 2.14. The Bertz CT molecular complexity index is 337. The van der Waals surface area contributed by atoms with Gasteiger partial charge in [-0.1, -0.05) is 6.07 Å². The highest BCUT2D eigenvalue weighted by atomic mass is 19.1. The molecule has 0 fully saturated rings. The van der Waals surface area contributed by atoms with Crippen molar-refractivity contribution in [3.8, 4) is 0 Å². The van der Waals surface area contributed by atoms with Crippen LogP contribution >= 0.6 is 0 Å². The van der Waals surface area contributed by atoms with Crippen molar-refractivity contribution in [2.45, 2.75) is 6.92 Å². The second kappa shape index (κ2) is 4.45. The van der Waals surface area contributed by atoms with E-state index >= 15 is 0 Å². The summed E-state index contributed by atoms with van der Waals surface area (Å²) in [5.41, 5.74) is 6.18. The Balaban J connectivity index is 3.01. The van der Waals surface area contributed by atoms with Crippen molar-refractivity contribution < 1.29 is 4.39 Å². The number of nitrogens with zero attached hydrogens (tertiary/aromatic N) is 2. The van der Waals surface area contributed by atoms with Crippen LogP contribution in [0.5, 0.6) is 0 Å². The third-order valence-corrected chi connectivity index (χ3v) is 1.84. The van der Waals surface area contributed by atoms with Crippen molar-refractivity contribution in [2.24, 2.45) is 16.7 Å². The summed E-state index contributed by atoms with van der Waals surface area (Å²) in [5, 5.41) is 3.36. The number of guanidine groups is 1. The third kappa shape index (κ3) is 2.12. The van der Waals surface area contributed by atoms with Crippen molar-refractivity contribution in [1.82, 2.24) is 0 Å². The van der Waals surface area contributed by atoms with Crippen LogP contribution in [0.2, 0.25) is 0 Å². The first-order valence-corrected chi connectivity index (χ1v) is 4.25. The summed E-state index contributed by atoms with van der Waals surface area (Å²) in [5.74, 6) is 4.90. The minimum atomic E-state index is -0.314. The molecule has 0 amide bonds. The number of rotatable bonds is 2. The second-order valence-corrected chi connectivity index (χ2v) is 2.71. The highest BCUT2D eigenvalue weighted by molar-refractivity contribution is 5.94. The van der Waals surface area contributed by atoms with Gasteiger partial charge in [-0.3, -0.25) is 0 Å². The molecule has 76 valence electrons. The van der Waals surface area contributed by atoms with Gasteiger partial charge in [0.15, 0.2) is 0 Å². The molecule has 1 rings (SSSR count). The van der Waals surface area contributed by atoms with Crippen molar-refractivity contribution in [3.05, 3.63) is 30.1 Å². The molecule has 4 nitrogen and oxygen atoms in total. The highest BCUT2D eigenvalue weighted by Gasteiger charge is 2.08. The number of anilines is 1. The quantitative estimate of drug-likeness (QED) is 0.319. The summed E-state index contributed by atoms with van der Waals surface area (Å²) in [6, 6.07) is 6.09. The van der Waals surface area contributed by atoms with Crippen LogP contribution in [0, 0.1) is 5.82 Å². The van der Waals surface area contributed by atoms with Gasteiger partial charge in [0, 0.05) is 12.2 Å². The molecule has 0 atom stereocenters. The predicted octanol–water partition coefficient (Wildman–Crippen LogP) is 0.840. The molecular formula is C9H13FN4. The Hall–Kier alpha value is -1.78. The van der Waals surface area contributed by atoms with E-state index in [0.29, 0.717) is 12.2 Å². The average molecular weight is 196 g/mol. The maximum Gasteiger partial charge on any atom is 0.217 e. The first kappa shape index (κ1) is 10.3. The van der Waals surface area contributed by atoms with E-state index in [1.165, 1.54) is 12.1 Å². The fourth-order valence-corrected chi connectivity index (χ4v) is 1.19. The molecule has 1 aromatic rings. The first-order chi connectivity index (χ1) is 6.69. The summed E-state index contributed by atoms with van der Waals surface area (Å²) in [4.78, 5) is 1.61. The zero-order chi connectivity index (χ0) is 10.6. The van der Waals surface area contributed by atoms with Crippen molar-refractivity contribution in [1.29, 1.82) is 0 Å². The molecule has 0 saturated carbocycles. The molecule has 0 saturated heterocycles. The molecule has 5 heteroatoms. The molecule has 0 bridgehead atoms. The van der Waals surface area contributed by atoms with Gasteiger partial charge in [0.1, 0.15) is 5.82 Å². The molecule has 0 radical (unpaired) electrons. The van der Waals surface area contributed by atoms with Gasteiger partial charge in [0.2, 0.25) is 5.96 Å². The van der Waals surface area contributed by atoms with E-state index in [0.717, 1.165) is 0 Å². The minimum Gasteiger partial charge on any atom is -0.368 e. The summed E-state index contributed by atoms with van der Waals surface area (Å²) in [7, 11) is 0. The second-order valence-electron chi connectivity index (χ2n) is 2.71. The van der Waals surface area contributed by atoms with Crippen molar-refractivity contribution in [2.75, 3.05) is 11.4 Å². The first-order valence-electron chi connectivity index (χ1n) is 4.25. The molecule has 0 aliphatic carbocycles. The molecular weight excluding hydrogens is 183 g/mol. The van der Waals surface area contributed by atoms with Crippen LogP contribution < -0.4 is 16.5 Å². The Morgan fingerprint density at radius 1 is 1.57 bits per heavy atom. The molecule has 0 unspecified atom stereocenters. The zero-order valence-electron chi connectivity index (χ0n) is 7.94. The summed E-state index contributed by atoms with van der Waals surface area (Å²) >= 11 is 0. The van der Waals surface area contributed by atoms with Crippen molar-refractivity contribution >= 4 is 11.6 Å². The van der Waals surface area contributed by atoms with Crippen LogP contribution in [-0.4, -0.2) is 12.5 Å². The van der Waals surface area contributed by atoms with E-state index < -0.39 is 0 Å². The molecule has 4 N–H and O–H groups in total. The lowest BCUT2D eigenvalue weighted by molar-refractivity contribution is 0.627. The number of hydrogen-bond donors (Lipinski definition) is 2. The van der Waals surface area contributed by atoms with Crippen LogP contribution in [0.15, 0.2) is 29.4 Å². The van der Waals surface area contributed by atoms with Gasteiger partial charge in [0.25, 0.3) is 0 Å². The minimum absolute atomic E-state index is 0.165. The van der Waals surface area contributed by atoms with Gasteiger partial charge in [-0.05, 0) is 25.1 Å². The summed E-state index contributed by atoms with van der Waals surface area (Å²) in [6.07, 6.45) is 0. The van der Waals surface area contributed by atoms with E-state index in [4.69, 9.17) is 11.6 Å². The molecule has 0 aliphatic heterocycles.